The third kappa shape index (κ3) is 5.35. The van der Waals surface area contributed by atoms with Crippen LogP contribution in [0.3, 0.4) is 0 Å². The van der Waals surface area contributed by atoms with Crippen LogP contribution >= 0.6 is 0 Å². The van der Waals surface area contributed by atoms with Crippen molar-refractivity contribution < 1.29 is 23.7 Å². The minimum atomic E-state index is -0.369. The van der Waals surface area contributed by atoms with Crippen LogP contribution in [0.15, 0.2) is 30.4 Å². The summed E-state index contributed by atoms with van der Waals surface area (Å²) in [6, 6.07) is 5.54. The lowest BCUT2D eigenvalue weighted by Gasteiger charge is -2.04. The van der Waals surface area contributed by atoms with Crippen LogP contribution in [0.25, 0.3) is 0 Å². The van der Waals surface area contributed by atoms with Gasteiger partial charge < -0.3 is 18.9 Å². The molecule has 1 fully saturated rings. The summed E-state index contributed by atoms with van der Waals surface area (Å²) in [7, 11) is 4.57. The number of benzene rings is 1. The summed E-state index contributed by atoms with van der Waals surface area (Å²) < 4.78 is 20.4. The predicted octanol–water partition coefficient (Wildman–Crippen LogP) is 2.33. The van der Waals surface area contributed by atoms with Gasteiger partial charge in [-0.15, -0.1) is 0 Å². The maximum Gasteiger partial charge on any atom is 0.330 e. The smallest absolute Gasteiger partial charge is 0.330 e. The molecule has 2 rings (SSSR count). The number of methoxy groups -OCH3 is 3. The highest BCUT2D eigenvalue weighted by atomic mass is 16.6. The molecule has 2 atom stereocenters. The number of carbonyl (C=O) groups excluding carboxylic acids is 1. The summed E-state index contributed by atoms with van der Waals surface area (Å²) >= 11 is 0. The molecule has 0 bridgehead atoms. The Balaban J connectivity index is 1.81. The zero-order chi connectivity index (χ0) is 16.7. The van der Waals surface area contributed by atoms with Crippen molar-refractivity contribution in [2.24, 2.45) is 0 Å². The normalized spacial score (nSPS) is 18.9. The van der Waals surface area contributed by atoms with Crippen LogP contribution in [-0.4, -0.2) is 39.5 Å². The topological polar surface area (TPSA) is 57.3 Å². The van der Waals surface area contributed by atoms with E-state index in [2.05, 4.69) is 16.6 Å². The predicted molar refractivity (Wildman–Crippen MR) is 85.5 cm³/mol. The van der Waals surface area contributed by atoms with Crippen molar-refractivity contribution in [1.29, 1.82) is 0 Å². The average molecular weight is 316 g/mol. The van der Waals surface area contributed by atoms with Gasteiger partial charge in [0.05, 0.1) is 27.4 Å². The summed E-state index contributed by atoms with van der Waals surface area (Å²) in [6.07, 6.45) is 4.77. The van der Waals surface area contributed by atoms with Gasteiger partial charge in [-0.3, -0.25) is 0 Å². The Kier molecular flexibility index (Phi) is 6.07. The SMILES string of the molecule is COC(=O)/C=C/[C@@H]1O[C@H]1CCC#Cc1cc(OC)cc(OC)c1. The summed E-state index contributed by atoms with van der Waals surface area (Å²) in [5, 5.41) is 0. The van der Waals surface area contributed by atoms with Gasteiger partial charge in [-0.2, -0.15) is 0 Å². The zero-order valence-electron chi connectivity index (χ0n) is 13.5. The lowest BCUT2D eigenvalue weighted by molar-refractivity contribution is -0.134. The van der Waals surface area contributed by atoms with Crippen LogP contribution in [0.5, 0.6) is 11.5 Å². The van der Waals surface area contributed by atoms with Gasteiger partial charge in [0.1, 0.15) is 17.6 Å². The van der Waals surface area contributed by atoms with Crippen molar-refractivity contribution >= 4 is 5.97 Å². The Labute approximate surface area is 136 Å². The van der Waals surface area contributed by atoms with Gasteiger partial charge >= 0.3 is 5.97 Å². The standard InChI is InChI=1S/C18H20O5/c1-20-14-10-13(11-15(12-14)21-2)6-4-5-7-16-17(23-16)8-9-18(19)22-3/h8-12,16-17H,5,7H2,1-3H3/b9-8+/t16-,17-/m0/s1. The van der Waals surface area contributed by atoms with Gasteiger partial charge in [-0.25, -0.2) is 4.79 Å². The number of hydrogen-bond acceptors (Lipinski definition) is 5. The Bertz CT molecular complexity index is 616. The molecule has 1 saturated heterocycles. The number of rotatable bonds is 6. The number of ether oxygens (including phenoxy) is 4. The van der Waals surface area contributed by atoms with Gasteiger partial charge in [0.25, 0.3) is 0 Å². The molecule has 23 heavy (non-hydrogen) atoms. The lowest BCUT2D eigenvalue weighted by atomic mass is 10.1. The van der Waals surface area contributed by atoms with Crippen LogP contribution < -0.4 is 9.47 Å². The molecule has 5 nitrogen and oxygen atoms in total. The Hall–Kier alpha value is -2.45. The Morgan fingerprint density at radius 1 is 1.22 bits per heavy atom. The molecule has 0 radical (unpaired) electrons. The van der Waals surface area contributed by atoms with E-state index in [4.69, 9.17) is 14.2 Å². The van der Waals surface area contributed by atoms with Crippen molar-refractivity contribution in [3.05, 3.63) is 35.9 Å². The van der Waals surface area contributed by atoms with Crippen molar-refractivity contribution in [3.8, 4) is 23.3 Å². The quantitative estimate of drug-likeness (QED) is 0.349. The van der Waals surface area contributed by atoms with Crippen LogP contribution in [0.4, 0.5) is 0 Å². The molecule has 0 spiro atoms. The first-order valence-electron chi connectivity index (χ1n) is 7.30. The molecular formula is C18H20O5. The van der Waals surface area contributed by atoms with Crippen LogP contribution in [0.1, 0.15) is 18.4 Å². The molecule has 0 aromatic heterocycles. The van der Waals surface area contributed by atoms with Crippen molar-refractivity contribution in [2.75, 3.05) is 21.3 Å². The molecule has 122 valence electrons. The van der Waals surface area contributed by atoms with E-state index in [1.54, 1.807) is 20.3 Å². The van der Waals surface area contributed by atoms with Crippen LogP contribution in [0.2, 0.25) is 0 Å². The van der Waals surface area contributed by atoms with E-state index >= 15 is 0 Å². The molecule has 1 aliphatic heterocycles. The van der Waals surface area contributed by atoms with E-state index < -0.39 is 0 Å². The molecule has 0 N–H and O–H groups in total. The molecule has 0 aliphatic carbocycles. The summed E-state index contributed by atoms with van der Waals surface area (Å²) in [5.74, 6) is 7.27. The second-order valence-electron chi connectivity index (χ2n) is 4.96. The van der Waals surface area contributed by atoms with Crippen molar-refractivity contribution in [3.63, 3.8) is 0 Å². The second kappa shape index (κ2) is 8.25. The molecule has 0 amide bonds. The van der Waals surface area contributed by atoms with Gasteiger partial charge in [0.15, 0.2) is 0 Å². The van der Waals surface area contributed by atoms with E-state index in [0.29, 0.717) is 17.9 Å². The molecular weight excluding hydrogens is 296 g/mol. The molecule has 5 heteroatoms. The van der Waals surface area contributed by atoms with E-state index in [1.807, 2.05) is 18.2 Å². The van der Waals surface area contributed by atoms with E-state index in [1.165, 1.54) is 13.2 Å². The Morgan fingerprint density at radius 2 is 1.91 bits per heavy atom. The third-order valence-corrected chi connectivity index (χ3v) is 3.38. The number of hydrogen-bond donors (Lipinski definition) is 0. The number of carbonyl (C=O) groups is 1. The molecule has 1 aliphatic rings. The van der Waals surface area contributed by atoms with Crippen molar-refractivity contribution in [2.45, 2.75) is 25.0 Å². The Morgan fingerprint density at radius 3 is 2.52 bits per heavy atom. The van der Waals surface area contributed by atoms with E-state index in [0.717, 1.165) is 12.0 Å². The van der Waals surface area contributed by atoms with Gasteiger partial charge in [-0.05, 0) is 24.6 Å². The molecule has 0 unspecified atom stereocenters. The summed E-state index contributed by atoms with van der Waals surface area (Å²) in [4.78, 5) is 11.0. The molecule has 1 aromatic rings. The third-order valence-electron chi connectivity index (χ3n) is 3.38. The van der Waals surface area contributed by atoms with Crippen molar-refractivity contribution in [1.82, 2.24) is 0 Å². The molecule has 1 heterocycles. The lowest BCUT2D eigenvalue weighted by Crippen LogP contribution is -1.96. The maximum absolute atomic E-state index is 11.0. The maximum atomic E-state index is 11.0. The molecule has 0 saturated carbocycles. The van der Waals surface area contributed by atoms with Crippen LogP contribution in [-0.2, 0) is 14.3 Å². The fourth-order valence-corrected chi connectivity index (χ4v) is 2.06. The minimum Gasteiger partial charge on any atom is -0.497 e. The first-order valence-corrected chi connectivity index (χ1v) is 7.30. The number of esters is 1. The van der Waals surface area contributed by atoms with E-state index in [9.17, 15) is 4.79 Å². The van der Waals surface area contributed by atoms with Crippen LogP contribution in [0, 0.1) is 11.8 Å². The van der Waals surface area contributed by atoms with Gasteiger partial charge in [0.2, 0.25) is 0 Å². The highest BCUT2D eigenvalue weighted by molar-refractivity contribution is 5.81. The first kappa shape index (κ1) is 16.9. The second-order valence-corrected chi connectivity index (χ2v) is 4.96. The zero-order valence-corrected chi connectivity index (χ0v) is 13.5. The van der Waals surface area contributed by atoms with Gasteiger partial charge in [-0.1, -0.05) is 11.8 Å². The first-order chi connectivity index (χ1) is 11.2. The minimum absolute atomic E-state index is 0.00665. The number of epoxide rings is 1. The summed E-state index contributed by atoms with van der Waals surface area (Å²) in [6.45, 7) is 0. The highest BCUT2D eigenvalue weighted by Gasteiger charge is 2.35. The van der Waals surface area contributed by atoms with E-state index in [-0.39, 0.29) is 18.2 Å². The monoisotopic (exact) mass is 316 g/mol. The largest absolute Gasteiger partial charge is 0.497 e. The fraction of sp³-hybridized carbons (Fsp3) is 0.389. The van der Waals surface area contributed by atoms with Gasteiger partial charge in [0, 0.05) is 24.1 Å². The summed E-state index contributed by atoms with van der Waals surface area (Å²) in [5.41, 5.74) is 0.847. The fourth-order valence-electron chi connectivity index (χ4n) is 2.06. The average Bonchev–Trinajstić information content (AvgIpc) is 3.34. The highest BCUT2D eigenvalue weighted by Crippen LogP contribution is 2.27. The molecule has 1 aromatic carbocycles.